The molecule has 0 radical (unpaired) electrons. The SMILES string of the molecule is CC(C)(C)OC(=O)N1CCCCC1(N)CN. The fourth-order valence-corrected chi connectivity index (χ4v) is 1.86. The van der Waals surface area contributed by atoms with Gasteiger partial charge in [-0.25, -0.2) is 4.79 Å². The van der Waals surface area contributed by atoms with E-state index in [-0.39, 0.29) is 12.6 Å². The van der Waals surface area contributed by atoms with E-state index in [9.17, 15) is 4.79 Å². The van der Waals surface area contributed by atoms with E-state index < -0.39 is 11.3 Å². The Morgan fingerprint density at radius 3 is 2.56 bits per heavy atom. The molecule has 0 bridgehead atoms. The number of piperidine rings is 1. The van der Waals surface area contributed by atoms with E-state index in [1.54, 1.807) is 4.90 Å². The first-order chi connectivity index (χ1) is 7.28. The number of nitrogens with two attached hydrogens (primary N) is 2. The zero-order valence-electron chi connectivity index (χ0n) is 10.5. The molecule has 1 heterocycles. The van der Waals surface area contributed by atoms with Gasteiger partial charge >= 0.3 is 6.09 Å². The number of carbonyl (C=O) groups excluding carboxylic acids is 1. The zero-order chi connectivity index (χ0) is 12.4. The summed E-state index contributed by atoms with van der Waals surface area (Å²) in [5, 5.41) is 0. The van der Waals surface area contributed by atoms with Gasteiger partial charge in [-0.1, -0.05) is 0 Å². The summed E-state index contributed by atoms with van der Waals surface area (Å²) in [4.78, 5) is 13.5. The van der Waals surface area contributed by atoms with E-state index in [1.807, 2.05) is 20.8 Å². The van der Waals surface area contributed by atoms with Crippen molar-refractivity contribution in [2.75, 3.05) is 13.1 Å². The smallest absolute Gasteiger partial charge is 0.411 e. The Labute approximate surface area is 97.1 Å². The lowest BCUT2D eigenvalue weighted by Gasteiger charge is -2.43. The van der Waals surface area contributed by atoms with Crippen molar-refractivity contribution < 1.29 is 9.53 Å². The van der Waals surface area contributed by atoms with Gasteiger partial charge < -0.3 is 16.2 Å². The van der Waals surface area contributed by atoms with Crippen LogP contribution in [-0.2, 0) is 4.74 Å². The molecule has 1 unspecified atom stereocenters. The molecule has 1 atom stereocenters. The molecule has 1 aliphatic heterocycles. The Hall–Kier alpha value is -0.810. The highest BCUT2D eigenvalue weighted by molar-refractivity contribution is 5.69. The Balaban J connectivity index is 2.72. The molecule has 0 saturated carbocycles. The van der Waals surface area contributed by atoms with Crippen LogP contribution >= 0.6 is 0 Å². The maximum atomic E-state index is 12.0. The molecule has 1 aliphatic rings. The highest BCUT2D eigenvalue weighted by Crippen LogP contribution is 2.24. The number of hydrogen-bond acceptors (Lipinski definition) is 4. The number of nitrogens with zero attached hydrogens (tertiary/aromatic N) is 1. The molecule has 0 aliphatic carbocycles. The third-order valence-corrected chi connectivity index (χ3v) is 2.75. The molecular formula is C11H23N3O2. The van der Waals surface area contributed by atoms with Crippen LogP contribution in [0.15, 0.2) is 0 Å². The van der Waals surface area contributed by atoms with E-state index in [0.29, 0.717) is 6.54 Å². The first-order valence-corrected chi connectivity index (χ1v) is 5.78. The predicted octanol–water partition coefficient (Wildman–Crippen LogP) is 1.02. The lowest BCUT2D eigenvalue weighted by atomic mass is 9.96. The fourth-order valence-electron chi connectivity index (χ4n) is 1.86. The summed E-state index contributed by atoms with van der Waals surface area (Å²) in [6.45, 7) is 6.43. The predicted molar refractivity (Wildman–Crippen MR) is 62.8 cm³/mol. The topological polar surface area (TPSA) is 81.6 Å². The Morgan fingerprint density at radius 2 is 2.06 bits per heavy atom. The summed E-state index contributed by atoms with van der Waals surface area (Å²) in [6, 6.07) is 0. The van der Waals surface area contributed by atoms with E-state index in [1.165, 1.54) is 0 Å². The molecule has 5 heteroatoms. The van der Waals surface area contributed by atoms with Crippen LogP contribution < -0.4 is 11.5 Å². The quantitative estimate of drug-likeness (QED) is 0.703. The van der Waals surface area contributed by atoms with E-state index in [2.05, 4.69) is 0 Å². The summed E-state index contributed by atoms with van der Waals surface area (Å²) in [5.41, 5.74) is 10.5. The van der Waals surface area contributed by atoms with Crippen LogP contribution in [0.5, 0.6) is 0 Å². The van der Waals surface area contributed by atoms with Crippen molar-refractivity contribution in [2.45, 2.75) is 51.3 Å². The molecule has 0 aromatic carbocycles. The van der Waals surface area contributed by atoms with Gasteiger partial charge in [0.15, 0.2) is 0 Å². The van der Waals surface area contributed by atoms with Crippen LogP contribution in [-0.4, -0.2) is 35.3 Å². The molecule has 5 nitrogen and oxygen atoms in total. The van der Waals surface area contributed by atoms with Crippen molar-refractivity contribution in [3.05, 3.63) is 0 Å². The average Bonchev–Trinajstić information content (AvgIpc) is 2.15. The minimum absolute atomic E-state index is 0.270. The lowest BCUT2D eigenvalue weighted by molar-refractivity contribution is -0.0120. The molecule has 1 saturated heterocycles. The molecule has 0 spiro atoms. The lowest BCUT2D eigenvalue weighted by Crippen LogP contribution is -2.65. The fraction of sp³-hybridized carbons (Fsp3) is 0.909. The Bertz CT molecular complexity index is 262. The largest absolute Gasteiger partial charge is 0.444 e. The van der Waals surface area contributed by atoms with Crippen LogP contribution in [0.4, 0.5) is 4.79 Å². The van der Waals surface area contributed by atoms with Crippen molar-refractivity contribution >= 4 is 6.09 Å². The first-order valence-electron chi connectivity index (χ1n) is 5.78. The van der Waals surface area contributed by atoms with Crippen LogP contribution in [0.2, 0.25) is 0 Å². The molecule has 0 aromatic rings. The Morgan fingerprint density at radius 1 is 1.44 bits per heavy atom. The third-order valence-electron chi connectivity index (χ3n) is 2.75. The maximum absolute atomic E-state index is 12.0. The molecule has 1 amide bonds. The molecule has 0 aromatic heterocycles. The van der Waals surface area contributed by atoms with Crippen molar-refractivity contribution in [2.24, 2.45) is 11.5 Å². The van der Waals surface area contributed by atoms with Gasteiger partial charge in [0, 0.05) is 13.1 Å². The molecule has 1 fully saturated rings. The summed E-state index contributed by atoms with van der Waals surface area (Å²) in [7, 11) is 0. The van der Waals surface area contributed by atoms with E-state index >= 15 is 0 Å². The third kappa shape index (κ3) is 3.09. The summed E-state index contributed by atoms with van der Waals surface area (Å²) in [5.74, 6) is 0. The van der Waals surface area contributed by atoms with E-state index in [4.69, 9.17) is 16.2 Å². The van der Waals surface area contributed by atoms with Gasteiger partial charge in [-0.05, 0) is 40.0 Å². The van der Waals surface area contributed by atoms with Crippen LogP contribution in [0.1, 0.15) is 40.0 Å². The first kappa shape index (κ1) is 13.3. The van der Waals surface area contributed by atoms with Gasteiger partial charge in [0.05, 0.1) is 0 Å². The number of rotatable bonds is 1. The summed E-state index contributed by atoms with van der Waals surface area (Å²) < 4.78 is 5.33. The maximum Gasteiger partial charge on any atom is 0.411 e. The molecule has 94 valence electrons. The number of likely N-dealkylation sites (tertiary alicyclic amines) is 1. The van der Waals surface area contributed by atoms with Crippen molar-refractivity contribution in [1.29, 1.82) is 0 Å². The van der Waals surface area contributed by atoms with Crippen molar-refractivity contribution in [3.8, 4) is 0 Å². The second kappa shape index (κ2) is 4.59. The number of hydrogen-bond donors (Lipinski definition) is 2. The Kier molecular flexibility index (Phi) is 3.80. The molecule has 16 heavy (non-hydrogen) atoms. The average molecular weight is 229 g/mol. The molecular weight excluding hydrogens is 206 g/mol. The normalized spacial score (nSPS) is 26.7. The summed E-state index contributed by atoms with van der Waals surface area (Å²) in [6.07, 6.45) is 2.34. The van der Waals surface area contributed by atoms with E-state index in [0.717, 1.165) is 19.3 Å². The zero-order valence-corrected chi connectivity index (χ0v) is 10.5. The minimum Gasteiger partial charge on any atom is -0.444 e. The highest BCUT2D eigenvalue weighted by Gasteiger charge is 2.39. The standard InChI is InChI=1S/C11H23N3O2/c1-10(2,3)16-9(15)14-7-5-4-6-11(14,13)8-12/h4-8,12-13H2,1-3H3. The van der Waals surface area contributed by atoms with Gasteiger partial charge in [-0.15, -0.1) is 0 Å². The second-order valence-corrected chi connectivity index (χ2v) is 5.40. The van der Waals surface area contributed by atoms with Crippen LogP contribution in [0.3, 0.4) is 0 Å². The number of amides is 1. The van der Waals surface area contributed by atoms with Crippen molar-refractivity contribution in [3.63, 3.8) is 0 Å². The molecule has 1 rings (SSSR count). The van der Waals surface area contributed by atoms with Crippen molar-refractivity contribution in [1.82, 2.24) is 4.90 Å². The van der Waals surface area contributed by atoms with Gasteiger partial charge in [-0.3, -0.25) is 4.90 Å². The minimum atomic E-state index is -0.736. The monoisotopic (exact) mass is 229 g/mol. The van der Waals surface area contributed by atoms with Gasteiger partial charge in [0.25, 0.3) is 0 Å². The van der Waals surface area contributed by atoms with Gasteiger partial charge in [0.2, 0.25) is 0 Å². The van der Waals surface area contributed by atoms with Gasteiger partial charge in [0.1, 0.15) is 11.3 Å². The van der Waals surface area contributed by atoms with Gasteiger partial charge in [-0.2, -0.15) is 0 Å². The molecule has 4 N–H and O–H groups in total. The highest BCUT2D eigenvalue weighted by atomic mass is 16.6. The van der Waals surface area contributed by atoms with Crippen LogP contribution in [0.25, 0.3) is 0 Å². The summed E-state index contributed by atoms with van der Waals surface area (Å²) >= 11 is 0. The number of ether oxygens (including phenoxy) is 1. The number of carbonyl (C=O) groups is 1. The van der Waals surface area contributed by atoms with Crippen LogP contribution in [0, 0.1) is 0 Å². The second-order valence-electron chi connectivity index (χ2n) is 5.40.